The van der Waals surface area contributed by atoms with Gasteiger partial charge in [0, 0.05) is 18.2 Å². The Morgan fingerprint density at radius 2 is 1.88 bits per heavy atom. The van der Waals surface area contributed by atoms with Crippen molar-refractivity contribution >= 4 is 16.9 Å². The number of nitrogens with one attached hydrogen (secondary N) is 1. The monoisotopic (exact) mass is 463 g/mol. The van der Waals surface area contributed by atoms with Crippen molar-refractivity contribution in [2.24, 2.45) is 0 Å². The molecule has 0 aliphatic carbocycles. The molecule has 0 radical (unpaired) electrons. The highest BCUT2D eigenvalue weighted by molar-refractivity contribution is 6.06. The molecule has 8 nitrogen and oxygen atoms in total. The van der Waals surface area contributed by atoms with E-state index in [-0.39, 0.29) is 11.9 Å². The predicted octanol–water partition coefficient (Wildman–Crippen LogP) is 4.06. The fraction of sp³-hybridized carbons (Fsp3) is 0.500. The van der Waals surface area contributed by atoms with E-state index in [1.807, 2.05) is 28.9 Å². The Kier molecular flexibility index (Phi) is 6.67. The number of benzene rings is 1. The fourth-order valence-electron chi connectivity index (χ4n) is 4.72. The number of amides is 1. The van der Waals surface area contributed by atoms with Crippen molar-refractivity contribution in [2.75, 3.05) is 39.4 Å². The van der Waals surface area contributed by atoms with E-state index in [1.54, 1.807) is 6.20 Å². The highest BCUT2D eigenvalue weighted by Crippen LogP contribution is 2.35. The molecular formula is C26H33N5O3. The lowest BCUT2D eigenvalue weighted by atomic mass is 10.1. The van der Waals surface area contributed by atoms with Crippen LogP contribution in [0.3, 0.4) is 0 Å². The molecule has 2 aliphatic rings. The van der Waals surface area contributed by atoms with Crippen LogP contribution < -0.4 is 14.8 Å². The molecular weight excluding hydrogens is 430 g/mol. The van der Waals surface area contributed by atoms with E-state index >= 15 is 0 Å². The van der Waals surface area contributed by atoms with Gasteiger partial charge >= 0.3 is 0 Å². The smallest absolute Gasteiger partial charge is 0.252 e. The van der Waals surface area contributed by atoms with Gasteiger partial charge in [-0.05, 0) is 77.0 Å². The quantitative estimate of drug-likeness (QED) is 0.532. The molecule has 4 heterocycles. The lowest BCUT2D eigenvalue weighted by molar-refractivity contribution is 0.0952. The second-order valence-electron chi connectivity index (χ2n) is 9.35. The van der Waals surface area contributed by atoms with Crippen LogP contribution in [0.2, 0.25) is 0 Å². The Bertz CT molecular complexity index is 1170. The first kappa shape index (κ1) is 22.7. The first-order chi connectivity index (χ1) is 16.6. The maximum absolute atomic E-state index is 13.3. The summed E-state index contributed by atoms with van der Waals surface area (Å²) < 4.78 is 13.3. The summed E-state index contributed by atoms with van der Waals surface area (Å²) in [6.45, 7) is 9.21. The van der Waals surface area contributed by atoms with Gasteiger partial charge in [-0.3, -0.25) is 4.79 Å². The average Bonchev–Trinajstić information content (AvgIpc) is 3.31. The number of carbonyl (C=O) groups excluding carboxylic acids is 1. The largest absolute Gasteiger partial charge is 0.486 e. The number of piperidine rings is 1. The maximum Gasteiger partial charge on any atom is 0.252 e. The Balaban J connectivity index is 1.40. The van der Waals surface area contributed by atoms with Crippen molar-refractivity contribution in [3.63, 3.8) is 0 Å². The van der Waals surface area contributed by atoms with Gasteiger partial charge in [-0.25, -0.2) is 9.67 Å². The molecule has 0 saturated carbocycles. The van der Waals surface area contributed by atoms with E-state index in [4.69, 9.17) is 14.5 Å². The number of rotatable bonds is 7. The van der Waals surface area contributed by atoms with Gasteiger partial charge in [-0.2, -0.15) is 5.10 Å². The Morgan fingerprint density at radius 3 is 2.68 bits per heavy atom. The molecule has 1 fully saturated rings. The van der Waals surface area contributed by atoms with Crippen molar-refractivity contribution in [1.29, 1.82) is 0 Å². The Hall–Kier alpha value is -3.13. The van der Waals surface area contributed by atoms with Crippen molar-refractivity contribution < 1.29 is 14.3 Å². The summed E-state index contributed by atoms with van der Waals surface area (Å²) in [5, 5.41) is 8.41. The van der Waals surface area contributed by atoms with Crippen LogP contribution in [0.25, 0.3) is 22.3 Å². The highest BCUT2D eigenvalue weighted by Gasteiger charge is 2.20. The van der Waals surface area contributed by atoms with Crippen LogP contribution in [0.1, 0.15) is 55.9 Å². The molecule has 5 rings (SSSR count). The van der Waals surface area contributed by atoms with Crippen LogP contribution in [-0.4, -0.2) is 65.0 Å². The van der Waals surface area contributed by atoms with E-state index in [2.05, 4.69) is 29.2 Å². The molecule has 1 amide bonds. The number of fused-ring (bicyclic) bond motifs is 2. The molecule has 8 heteroatoms. The Morgan fingerprint density at radius 1 is 1.09 bits per heavy atom. The lowest BCUT2D eigenvalue weighted by Crippen LogP contribution is -2.33. The second-order valence-corrected chi connectivity index (χ2v) is 9.35. The fourth-order valence-corrected chi connectivity index (χ4v) is 4.72. The summed E-state index contributed by atoms with van der Waals surface area (Å²) in [4.78, 5) is 20.7. The number of carbonyl (C=O) groups is 1. The van der Waals surface area contributed by atoms with Gasteiger partial charge < -0.3 is 19.7 Å². The lowest BCUT2D eigenvalue weighted by Gasteiger charge is -2.26. The van der Waals surface area contributed by atoms with Gasteiger partial charge in [0.2, 0.25) is 0 Å². The number of nitrogens with zero attached hydrogens (tertiary/aromatic N) is 4. The molecule has 0 unspecified atom stereocenters. The normalized spacial score (nSPS) is 16.2. The van der Waals surface area contributed by atoms with Gasteiger partial charge in [0.15, 0.2) is 17.1 Å². The minimum Gasteiger partial charge on any atom is -0.486 e. The van der Waals surface area contributed by atoms with E-state index < -0.39 is 0 Å². The molecule has 3 aromatic rings. The molecule has 1 aromatic carbocycles. The van der Waals surface area contributed by atoms with E-state index in [9.17, 15) is 4.79 Å². The third-order valence-electron chi connectivity index (χ3n) is 6.52. The minimum atomic E-state index is -0.0897. The topological polar surface area (TPSA) is 81.5 Å². The minimum absolute atomic E-state index is 0.0897. The van der Waals surface area contributed by atoms with Crippen molar-refractivity contribution in [2.45, 2.75) is 45.6 Å². The maximum atomic E-state index is 13.3. The number of likely N-dealkylation sites (tertiary alicyclic amines) is 1. The van der Waals surface area contributed by atoms with Gasteiger partial charge in [0.25, 0.3) is 5.91 Å². The molecule has 180 valence electrons. The van der Waals surface area contributed by atoms with Crippen LogP contribution >= 0.6 is 0 Å². The summed E-state index contributed by atoms with van der Waals surface area (Å²) in [5.74, 6) is 1.34. The summed E-state index contributed by atoms with van der Waals surface area (Å²) in [6, 6.07) is 7.77. The number of hydrogen-bond acceptors (Lipinski definition) is 6. The third kappa shape index (κ3) is 4.73. The average molecular weight is 464 g/mol. The number of ether oxygens (including phenoxy) is 2. The molecule has 2 aromatic heterocycles. The molecule has 0 spiro atoms. The van der Waals surface area contributed by atoms with Gasteiger partial charge in [0.1, 0.15) is 13.2 Å². The Labute approximate surface area is 200 Å². The van der Waals surface area contributed by atoms with Crippen molar-refractivity contribution in [1.82, 2.24) is 25.0 Å². The van der Waals surface area contributed by atoms with Gasteiger partial charge in [0.05, 0.1) is 22.8 Å². The van der Waals surface area contributed by atoms with Crippen LogP contribution in [0.5, 0.6) is 11.5 Å². The summed E-state index contributed by atoms with van der Waals surface area (Å²) in [5.41, 5.74) is 2.90. The van der Waals surface area contributed by atoms with Crippen LogP contribution in [-0.2, 0) is 0 Å². The zero-order valence-corrected chi connectivity index (χ0v) is 20.0. The first-order valence-electron chi connectivity index (χ1n) is 12.4. The zero-order valence-electron chi connectivity index (χ0n) is 20.0. The van der Waals surface area contributed by atoms with Gasteiger partial charge in [-0.1, -0.05) is 6.42 Å². The summed E-state index contributed by atoms with van der Waals surface area (Å²) in [6.07, 6.45) is 6.59. The van der Waals surface area contributed by atoms with Gasteiger partial charge in [-0.15, -0.1) is 0 Å². The number of aromatic nitrogens is 3. The standard InChI is InChI=1S/C26H33N5O3/c1-18(2)31-25-21(17-28-31)20(26(32)27-9-6-12-30-10-4-3-5-11-30)16-22(29-25)19-7-8-23-24(15-19)34-14-13-33-23/h7-8,15-18H,3-6,9-14H2,1-2H3,(H,27,32). The number of hydrogen-bond donors (Lipinski definition) is 1. The van der Waals surface area contributed by atoms with Crippen LogP contribution in [0.15, 0.2) is 30.5 Å². The van der Waals surface area contributed by atoms with Crippen LogP contribution in [0.4, 0.5) is 0 Å². The third-order valence-corrected chi connectivity index (χ3v) is 6.52. The first-order valence-corrected chi connectivity index (χ1v) is 12.4. The van der Waals surface area contributed by atoms with E-state index in [1.165, 1.54) is 32.4 Å². The number of pyridine rings is 1. The molecule has 1 N–H and O–H groups in total. The van der Waals surface area contributed by atoms with E-state index in [0.29, 0.717) is 42.4 Å². The van der Waals surface area contributed by atoms with E-state index in [0.717, 1.165) is 29.7 Å². The van der Waals surface area contributed by atoms with Crippen molar-refractivity contribution in [3.8, 4) is 22.8 Å². The molecule has 0 bridgehead atoms. The molecule has 34 heavy (non-hydrogen) atoms. The van der Waals surface area contributed by atoms with Crippen LogP contribution in [0, 0.1) is 0 Å². The molecule has 0 atom stereocenters. The second kappa shape index (κ2) is 10.0. The SMILES string of the molecule is CC(C)n1ncc2c(C(=O)NCCCN3CCCCC3)cc(-c3ccc4c(c3)OCCO4)nc21. The van der Waals surface area contributed by atoms with Crippen molar-refractivity contribution in [3.05, 3.63) is 36.0 Å². The zero-order chi connectivity index (χ0) is 23.5. The summed E-state index contributed by atoms with van der Waals surface area (Å²) >= 11 is 0. The summed E-state index contributed by atoms with van der Waals surface area (Å²) in [7, 11) is 0. The highest BCUT2D eigenvalue weighted by atomic mass is 16.6. The molecule has 1 saturated heterocycles. The predicted molar refractivity (Wildman–Crippen MR) is 132 cm³/mol. The molecule has 2 aliphatic heterocycles.